The quantitative estimate of drug-likeness (QED) is 0.906. The molecule has 0 aromatic heterocycles. The third-order valence-corrected chi connectivity index (χ3v) is 4.06. The second-order valence-corrected chi connectivity index (χ2v) is 5.71. The number of methoxy groups -OCH3 is 1. The number of likely N-dealkylation sites (tertiary alicyclic amines) is 1. The summed E-state index contributed by atoms with van der Waals surface area (Å²) >= 11 is 0. The van der Waals surface area contributed by atoms with E-state index >= 15 is 0 Å². The first-order valence-corrected chi connectivity index (χ1v) is 7.17. The molecule has 1 aromatic rings. The lowest BCUT2D eigenvalue weighted by molar-refractivity contribution is 0.182. The van der Waals surface area contributed by atoms with Crippen molar-refractivity contribution in [1.82, 2.24) is 4.90 Å². The monoisotopic (exact) mass is 263 g/mol. The molecule has 0 aliphatic carbocycles. The SMILES string of the molecule is COc1ccc(C(C)O)cc1CN1CCC(C)CC1. The molecular formula is C16H25NO2. The number of ether oxygens (including phenoxy) is 1. The second kappa shape index (κ2) is 6.40. The van der Waals surface area contributed by atoms with E-state index in [-0.39, 0.29) is 0 Å². The van der Waals surface area contributed by atoms with E-state index in [0.717, 1.165) is 36.9 Å². The fraction of sp³-hybridized carbons (Fsp3) is 0.625. The number of aliphatic hydroxyl groups is 1. The molecule has 3 nitrogen and oxygen atoms in total. The highest BCUT2D eigenvalue weighted by atomic mass is 16.5. The van der Waals surface area contributed by atoms with E-state index in [0.29, 0.717) is 0 Å². The minimum absolute atomic E-state index is 0.425. The van der Waals surface area contributed by atoms with E-state index in [1.807, 2.05) is 12.1 Å². The van der Waals surface area contributed by atoms with Gasteiger partial charge in [0.05, 0.1) is 13.2 Å². The first-order chi connectivity index (χ1) is 9.10. The summed E-state index contributed by atoms with van der Waals surface area (Å²) in [5, 5.41) is 9.70. The molecule has 106 valence electrons. The molecule has 1 aromatic carbocycles. The van der Waals surface area contributed by atoms with Gasteiger partial charge in [-0.15, -0.1) is 0 Å². The average Bonchev–Trinajstić information content (AvgIpc) is 2.41. The van der Waals surface area contributed by atoms with Gasteiger partial charge in [0.1, 0.15) is 5.75 Å². The number of nitrogens with zero attached hydrogens (tertiary/aromatic N) is 1. The zero-order chi connectivity index (χ0) is 13.8. The molecule has 1 heterocycles. The molecule has 19 heavy (non-hydrogen) atoms. The molecule has 1 fully saturated rings. The van der Waals surface area contributed by atoms with Crippen molar-refractivity contribution < 1.29 is 9.84 Å². The highest BCUT2D eigenvalue weighted by molar-refractivity contribution is 5.38. The van der Waals surface area contributed by atoms with Crippen LogP contribution in [-0.2, 0) is 6.54 Å². The largest absolute Gasteiger partial charge is 0.496 e. The number of aliphatic hydroxyl groups excluding tert-OH is 1. The third-order valence-electron chi connectivity index (χ3n) is 4.06. The van der Waals surface area contributed by atoms with Crippen molar-refractivity contribution in [2.45, 2.75) is 39.3 Å². The lowest BCUT2D eigenvalue weighted by Crippen LogP contribution is -2.32. The molecule has 1 aliphatic heterocycles. The van der Waals surface area contributed by atoms with Crippen molar-refractivity contribution in [2.75, 3.05) is 20.2 Å². The summed E-state index contributed by atoms with van der Waals surface area (Å²) in [4.78, 5) is 2.48. The van der Waals surface area contributed by atoms with Gasteiger partial charge in [-0.25, -0.2) is 0 Å². The summed E-state index contributed by atoms with van der Waals surface area (Å²) in [5.74, 6) is 1.77. The van der Waals surface area contributed by atoms with Crippen LogP contribution in [0.15, 0.2) is 18.2 Å². The molecule has 0 saturated carbocycles. The summed E-state index contributed by atoms with van der Waals surface area (Å²) in [7, 11) is 1.71. The number of rotatable bonds is 4. The first kappa shape index (κ1) is 14.4. The van der Waals surface area contributed by atoms with Gasteiger partial charge in [-0.05, 0) is 56.5 Å². The third kappa shape index (κ3) is 3.71. The minimum Gasteiger partial charge on any atom is -0.496 e. The summed E-state index contributed by atoms with van der Waals surface area (Å²) < 4.78 is 5.43. The molecule has 0 bridgehead atoms. The lowest BCUT2D eigenvalue weighted by atomic mass is 9.98. The van der Waals surface area contributed by atoms with Crippen LogP contribution >= 0.6 is 0 Å². The Morgan fingerprint density at radius 2 is 2.05 bits per heavy atom. The van der Waals surface area contributed by atoms with Crippen LogP contribution in [0.1, 0.15) is 43.9 Å². The fourth-order valence-corrected chi connectivity index (χ4v) is 2.64. The zero-order valence-corrected chi connectivity index (χ0v) is 12.2. The smallest absolute Gasteiger partial charge is 0.123 e. The van der Waals surface area contributed by atoms with E-state index in [2.05, 4.69) is 17.9 Å². The molecule has 1 saturated heterocycles. The van der Waals surface area contributed by atoms with Crippen molar-refractivity contribution in [3.8, 4) is 5.75 Å². The number of benzene rings is 1. The van der Waals surface area contributed by atoms with Crippen LogP contribution in [0.3, 0.4) is 0 Å². The predicted octanol–water partition coefficient (Wildman–Crippen LogP) is 2.98. The Balaban J connectivity index is 2.11. The second-order valence-electron chi connectivity index (χ2n) is 5.71. The van der Waals surface area contributed by atoms with Crippen molar-refractivity contribution in [3.05, 3.63) is 29.3 Å². The summed E-state index contributed by atoms with van der Waals surface area (Å²) in [6, 6.07) is 5.97. The minimum atomic E-state index is -0.425. The van der Waals surface area contributed by atoms with Crippen LogP contribution in [0.25, 0.3) is 0 Å². The summed E-state index contributed by atoms with van der Waals surface area (Å²) in [6.45, 7) is 7.35. The molecule has 3 heteroatoms. The Hall–Kier alpha value is -1.06. The normalized spacial score (nSPS) is 19.4. The highest BCUT2D eigenvalue weighted by Crippen LogP contribution is 2.26. The van der Waals surface area contributed by atoms with Crippen molar-refractivity contribution in [2.24, 2.45) is 5.92 Å². The standard InChI is InChI=1S/C16H25NO2/c1-12-6-8-17(9-7-12)11-15-10-14(13(2)18)4-5-16(15)19-3/h4-5,10,12-13,18H,6-9,11H2,1-3H3. The Labute approximate surface area is 116 Å². The molecule has 2 rings (SSSR count). The maximum atomic E-state index is 9.70. The predicted molar refractivity (Wildman–Crippen MR) is 77.3 cm³/mol. The highest BCUT2D eigenvalue weighted by Gasteiger charge is 2.17. The Morgan fingerprint density at radius 1 is 1.37 bits per heavy atom. The van der Waals surface area contributed by atoms with Gasteiger partial charge in [-0.2, -0.15) is 0 Å². The lowest BCUT2D eigenvalue weighted by Gasteiger charge is -2.30. The van der Waals surface area contributed by atoms with Gasteiger partial charge in [0, 0.05) is 12.1 Å². The van der Waals surface area contributed by atoms with E-state index in [1.54, 1.807) is 14.0 Å². The van der Waals surface area contributed by atoms with Crippen LogP contribution in [0.4, 0.5) is 0 Å². The van der Waals surface area contributed by atoms with Gasteiger partial charge in [0.2, 0.25) is 0 Å². The van der Waals surface area contributed by atoms with Crippen molar-refractivity contribution >= 4 is 0 Å². The average molecular weight is 263 g/mol. The van der Waals surface area contributed by atoms with Gasteiger partial charge in [-0.3, -0.25) is 4.90 Å². The van der Waals surface area contributed by atoms with Gasteiger partial charge in [0.25, 0.3) is 0 Å². The molecule has 0 radical (unpaired) electrons. The molecule has 0 spiro atoms. The Bertz CT molecular complexity index is 409. The number of hydrogen-bond acceptors (Lipinski definition) is 3. The maximum absolute atomic E-state index is 9.70. The van der Waals surface area contributed by atoms with Gasteiger partial charge < -0.3 is 9.84 Å². The molecule has 1 N–H and O–H groups in total. The topological polar surface area (TPSA) is 32.7 Å². The van der Waals surface area contributed by atoms with E-state index in [1.165, 1.54) is 18.4 Å². The summed E-state index contributed by atoms with van der Waals surface area (Å²) in [5.41, 5.74) is 2.14. The van der Waals surface area contributed by atoms with E-state index in [9.17, 15) is 5.11 Å². The van der Waals surface area contributed by atoms with Gasteiger partial charge in [0.15, 0.2) is 0 Å². The van der Waals surface area contributed by atoms with Crippen LogP contribution in [-0.4, -0.2) is 30.2 Å². The van der Waals surface area contributed by atoms with Crippen LogP contribution in [0.5, 0.6) is 5.75 Å². The van der Waals surface area contributed by atoms with E-state index < -0.39 is 6.10 Å². The van der Waals surface area contributed by atoms with Gasteiger partial charge >= 0.3 is 0 Å². The van der Waals surface area contributed by atoms with Crippen molar-refractivity contribution in [1.29, 1.82) is 0 Å². The number of piperidine rings is 1. The Kier molecular flexibility index (Phi) is 4.83. The number of hydrogen-bond donors (Lipinski definition) is 1. The van der Waals surface area contributed by atoms with Crippen LogP contribution < -0.4 is 4.74 Å². The van der Waals surface area contributed by atoms with Crippen molar-refractivity contribution in [3.63, 3.8) is 0 Å². The molecule has 1 aliphatic rings. The van der Waals surface area contributed by atoms with Crippen LogP contribution in [0, 0.1) is 5.92 Å². The fourth-order valence-electron chi connectivity index (χ4n) is 2.64. The van der Waals surface area contributed by atoms with Gasteiger partial charge in [-0.1, -0.05) is 13.0 Å². The Morgan fingerprint density at radius 3 is 2.63 bits per heavy atom. The van der Waals surface area contributed by atoms with E-state index in [4.69, 9.17) is 4.74 Å². The summed E-state index contributed by atoms with van der Waals surface area (Å²) in [6.07, 6.45) is 2.13. The first-order valence-electron chi connectivity index (χ1n) is 7.17. The van der Waals surface area contributed by atoms with Crippen LogP contribution in [0.2, 0.25) is 0 Å². The zero-order valence-electron chi connectivity index (χ0n) is 12.2. The molecular weight excluding hydrogens is 238 g/mol. The molecule has 0 amide bonds. The maximum Gasteiger partial charge on any atom is 0.123 e. The molecule has 1 atom stereocenters. The molecule has 1 unspecified atom stereocenters.